The van der Waals surface area contributed by atoms with E-state index in [1.54, 1.807) is 6.07 Å². The Labute approximate surface area is 103 Å². The minimum absolute atomic E-state index is 0.204. The van der Waals surface area contributed by atoms with Gasteiger partial charge in [0.2, 0.25) is 0 Å². The molecular weight excluding hydrogens is 245 g/mol. The molecule has 98 valence electrons. The molecule has 1 aromatic rings. The second-order valence-electron chi connectivity index (χ2n) is 4.21. The van der Waals surface area contributed by atoms with Gasteiger partial charge in [0.05, 0.1) is 5.56 Å². The molecular formula is C12H13F3N2O. The molecule has 0 atom stereocenters. The predicted octanol–water partition coefficient (Wildman–Crippen LogP) is 2.62. The van der Waals surface area contributed by atoms with Crippen molar-refractivity contribution >= 4 is 6.03 Å². The summed E-state index contributed by atoms with van der Waals surface area (Å²) in [6, 6.07) is 4.84. The average molecular weight is 258 g/mol. The molecule has 0 unspecified atom stereocenters. The number of carbonyl (C=O) groups is 1. The molecule has 1 fully saturated rings. The van der Waals surface area contributed by atoms with E-state index >= 15 is 0 Å². The predicted molar refractivity (Wildman–Crippen MR) is 59.9 cm³/mol. The highest BCUT2D eigenvalue weighted by atomic mass is 19.4. The van der Waals surface area contributed by atoms with Gasteiger partial charge in [0.15, 0.2) is 0 Å². The van der Waals surface area contributed by atoms with Gasteiger partial charge < -0.3 is 10.2 Å². The molecule has 1 aromatic carbocycles. The molecule has 1 N–H and O–H groups in total. The Morgan fingerprint density at radius 3 is 2.78 bits per heavy atom. The van der Waals surface area contributed by atoms with Crippen LogP contribution in [-0.4, -0.2) is 24.0 Å². The zero-order valence-electron chi connectivity index (χ0n) is 9.63. The molecule has 0 radical (unpaired) electrons. The maximum Gasteiger partial charge on any atom is 0.416 e. The second-order valence-corrected chi connectivity index (χ2v) is 4.21. The first kappa shape index (κ1) is 12.7. The van der Waals surface area contributed by atoms with Gasteiger partial charge in [-0.15, -0.1) is 0 Å². The lowest BCUT2D eigenvalue weighted by Crippen LogP contribution is -2.45. The quantitative estimate of drug-likeness (QED) is 0.869. The number of hydrogen-bond donors (Lipinski definition) is 1. The summed E-state index contributed by atoms with van der Waals surface area (Å²) in [6.07, 6.45) is -3.54. The number of alkyl halides is 3. The lowest BCUT2D eigenvalue weighted by Gasteiger charge is -2.27. The summed E-state index contributed by atoms with van der Waals surface area (Å²) < 4.78 is 37.6. The third-order valence-corrected chi connectivity index (χ3v) is 2.80. The molecule has 18 heavy (non-hydrogen) atoms. The van der Waals surface area contributed by atoms with E-state index in [0.717, 1.165) is 18.6 Å². The molecule has 0 spiro atoms. The number of nitrogens with zero attached hydrogens (tertiary/aromatic N) is 1. The first-order chi connectivity index (χ1) is 8.47. The molecule has 2 rings (SSSR count). The summed E-state index contributed by atoms with van der Waals surface area (Å²) in [5, 5.41) is 2.66. The first-order valence-electron chi connectivity index (χ1n) is 5.66. The van der Waals surface area contributed by atoms with E-state index in [9.17, 15) is 18.0 Å². The summed E-state index contributed by atoms with van der Waals surface area (Å²) >= 11 is 0. The Morgan fingerprint density at radius 1 is 1.33 bits per heavy atom. The van der Waals surface area contributed by atoms with Crippen molar-refractivity contribution < 1.29 is 18.0 Å². The van der Waals surface area contributed by atoms with Crippen LogP contribution in [0.4, 0.5) is 18.0 Å². The van der Waals surface area contributed by atoms with E-state index in [0.29, 0.717) is 18.7 Å². The van der Waals surface area contributed by atoms with Crippen LogP contribution in [0, 0.1) is 0 Å². The molecule has 3 nitrogen and oxygen atoms in total. The van der Waals surface area contributed by atoms with Gasteiger partial charge in [-0.3, -0.25) is 0 Å². The molecule has 1 heterocycles. The first-order valence-corrected chi connectivity index (χ1v) is 5.66. The van der Waals surface area contributed by atoms with Crippen LogP contribution < -0.4 is 5.32 Å². The van der Waals surface area contributed by atoms with E-state index < -0.39 is 11.7 Å². The molecule has 0 aliphatic carbocycles. The van der Waals surface area contributed by atoms with Crippen molar-refractivity contribution in [2.45, 2.75) is 19.1 Å². The summed E-state index contributed by atoms with van der Waals surface area (Å²) in [7, 11) is 0. The van der Waals surface area contributed by atoms with Crippen LogP contribution in [0.5, 0.6) is 0 Å². The highest BCUT2D eigenvalue weighted by Gasteiger charge is 2.30. The number of urea groups is 1. The Balaban J connectivity index is 2.12. The Hall–Kier alpha value is -1.72. The van der Waals surface area contributed by atoms with E-state index in [-0.39, 0.29) is 12.6 Å². The number of benzene rings is 1. The van der Waals surface area contributed by atoms with Gasteiger partial charge in [0, 0.05) is 19.6 Å². The van der Waals surface area contributed by atoms with Crippen molar-refractivity contribution in [2.24, 2.45) is 0 Å². The standard InChI is InChI=1S/C12H13F3N2O/c13-12(14,15)10-4-1-3-9(7-10)8-17-6-2-5-16-11(17)18/h1,3-4,7H,2,5-6,8H2,(H,16,18). The fourth-order valence-corrected chi connectivity index (χ4v) is 1.90. The van der Waals surface area contributed by atoms with Crippen LogP contribution >= 0.6 is 0 Å². The number of hydrogen-bond acceptors (Lipinski definition) is 1. The van der Waals surface area contributed by atoms with Crippen LogP contribution in [0.25, 0.3) is 0 Å². The SMILES string of the molecule is O=C1NCCCN1Cc1cccc(C(F)(F)F)c1. The van der Waals surface area contributed by atoms with Gasteiger partial charge in [-0.25, -0.2) is 4.79 Å². The van der Waals surface area contributed by atoms with Gasteiger partial charge in [-0.2, -0.15) is 13.2 Å². The Morgan fingerprint density at radius 2 is 2.11 bits per heavy atom. The summed E-state index contributed by atoms with van der Waals surface area (Å²) in [6.45, 7) is 1.40. The summed E-state index contributed by atoms with van der Waals surface area (Å²) in [5.74, 6) is 0. The topological polar surface area (TPSA) is 32.3 Å². The molecule has 1 saturated heterocycles. The zero-order chi connectivity index (χ0) is 13.2. The molecule has 0 saturated carbocycles. The Kier molecular flexibility index (Phi) is 3.45. The Bertz CT molecular complexity index is 445. The van der Waals surface area contributed by atoms with E-state index in [1.807, 2.05) is 0 Å². The van der Waals surface area contributed by atoms with E-state index in [4.69, 9.17) is 0 Å². The molecule has 2 amide bonds. The molecule has 0 bridgehead atoms. The van der Waals surface area contributed by atoms with Gasteiger partial charge in [-0.05, 0) is 24.1 Å². The smallest absolute Gasteiger partial charge is 0.338 e. The number of carbonyl (C=O) groups excluding carboxylic acids is 1. The highest BCUT2D eigenvalue weighted by molar-refractivity contribution is 5.74. The van der Waals surface area contributed by atoms with Crippen molar-refractivity contribution in [1.82, 2.24) is 10.2 Å². The lowest BCUT2D eigenvalue weighted by molar-refractivity contribution is -0.137. The monoisotopic (exact) mass is 258 g/mol. The fraction of sp³-hybridized carbons (Fsp3) is 0.417. The van der Waals surface area contributed by atoms with E-state index in [1.165, 1.54) is 11.0 Å². The lowest BCUT2D eigenvalue weighted by atomic mass is 10.1. The average Bonchev–Trinajstić information content (AvgIpc) is 2.31. The van der Waals surface area contributed by atoms with Gasteiger partial charge >= 0.3 is 12.2 Å². The fourth-order valence-electron chi connectivity index (χ4n) is 1.90. The molecule has 1 aliphatic heterocycles. The van der Waals surface area contributed by atoms with Crippen LogP contribution in [0.2, 0.25) is 0 Å². The van der Waals surface area contributed by atoms with Crippen molar-refractivity contribution in [1.29, 1.82) is 0 Å². The number of nitrogens with one attached hydrogen (secondary N) is 1. The third kappa shape index (κ3) is 2.94. The summed E-state index contributed by atoms with van der Waals surface area (Å²) in [4.78, 5) is 13.0. The highest BCUT2D eigenvalue weighted by Crippen LogP contribution is 2.29. The van der Waals surface area contributed by atoms with Crippen molar-refractivity contribution in [2.75, 3.05) is 13.1 Å². The number of rotatable bonds is 2. The molecule has 1 aliphatic rings. The normalized spacial score (nSPS) is 16.6. The minimum atomic E-state index is -4.35. The van der Waals surface area contributed by atoms with Crippen molar-refractivity contribution in [3.8, 4) is 0 Å². The molecule has 0 aromatic heterocycles. The maximum absolute atomic E-state index is 12.5. The van der Waals surface area contributed by atoms with Gasteiger partial charge in [0.25, 0.3) is 0 Å². The largest absolute Gasteiger partial charge is 0.416 e. The second kappa shape index (κ2) is 4.88. The van der Waals surface area contributed by atoms with Crippen molar-refractivity contribution in [3.05, 3.63) is 35.4 Å². The van der Waals surface area contributed by atoms with Crippen LogP contribution in [0.3, 0.4) is 0 Å². The zero-order valence-corrected chi connectivity index (χ0v) is 9.63. The van der Waals surface area contributed by atoms with Crippen LogP contribution in [0.1, 0.15) is 17.5 Å². The number of amides is 2. The summed E-state index contributed by atoms with van der Waals surface area (Å²) in [5.41, 5.74) is -0.195. The van der Waals surface area contributed by atoms with Crippen molar-refractivity contribution in [3.63, 3.8) is 0 Å². The number of halogens is 3. The minimum Gasteiger partial charge on any atom is -0.338 e. The van der Waals surface area contributed by atoms with Gasteiger partial charge in [0.1, 0.15) is 0 Å². The van der Waals surface area contributed by atoms with Gasteiger partial charge in [-0.1, -0.05) is 12.1 Å². The van der Waals surface area contributed by atoms with Crippen LogP contribution in [0.15, 0.2) is 24.3 Å². The van der Waals surface area contributed by atoms with E-state index in [2.05, 4.69) is 5.32 Å². The maximum atomic E-state index is 12.5. The third-order valence-electron chi connectivity index (χ3n) is 2.80. The van der Waals surface area contributed by atoms with Crippen LogP contribution in [-0.2, 0) is 12.7 Å². The molecule has 6 heteroatoms.